The molecule has 0 bridgehead atoms. The van der Waals surface area contributed by atoms with Crippen molar-refractivity contribution < 1.29 is 0 Å². The van der Waals surface area contributed by atoms with E-state index in [1.807, 2.05) is 60.8 Å². The van der Waals surface area contributed by atoms with Gasteiger partial charge in [-0.2, -0.15) is 0 Å². The van der Waals surface area contributed by atoms with E-state index in [9.17, 15) is 0 Å². The quantitative estimate of drug-likeness (QED) is 0.512. The number of hydrogen-bond donors (Lipinski definition) is 1. The lowest BCUT2D eigenvalue weighted by Gasteiger charge is -2.04. The number of nitrogens with one attached hydrogen (secondary N) is 1. The molecule has 4 aromatic rings. The summed E-state index contributed by atoms with van der Waals surface area (Å²) in [5, 5.41) is 1.16. The molecule has 0 saturated carbocycles. The second-order valence-corrected chi connectivity index (χ2v) is 6.02. The maximum absolute atomic E-state index is 4.92. The van der Waals surface area contributed by atoms with E-state index in [0.29, 0.717) is 0 Å². The molecular formula is C22H15N3. The van der Waals surface area contributed by atoms with Gasteiger partial charge in [-0.15, -0.1) is 0 Å². The van der Waals surface area contributed by atoms with Gasteiger partial charge in [0.1, 0.15) is 0 Å². The lowest BCUT2D eigenvalue weighted by atomic mass is 10.0. The van der Waals surface area contributed by atoms with Gasteiger partial charge in [-0.05, 0) is 24.3 Å². The van der Waals surface area contributed by atoms with Gasteiger partial charge >= 0.3 is 0 Å². The first-order valence-corrected chi connectivity index (χ1v) is 8.29. The molecule has 0 saturated heterocycles. The van der Waals surface area contributed by atoms with Crippen LogP contribution in [0.4, 0.5) is 11.4 Å². The topological polar surface area (TPSA) is 40.5 Å². The molecule has 5 rings (SSSR count). The van der Waals surface area contributed by atoms with Crippen molar-refractivity contribution in [3.05, 3.63) is 96.2 Å². The molecule has 0 atom stereocenters. The van der Waals surface area contributed by atoms with Gasteiger partial charge in [0.05, 0.1) is 22.8 Å². The maximum atomic E-state index is 4.92. The molecule has 25 heavy (non-hydrogen) atoms. The van der Waals surface area contributed by atoms with Crippen molar-refractivity contribution in [3.8, 4) is 0 Å². The number of hydrogen-bond acceptors (Lipinski definition) is 2. The van der Waals surface area contributed by atoms with Gasteiger partial charge in [0.15, 0.2) is 0 Å². The van der Waals surface area contributed by atoms with Gasteiger partial charge < -0.3 is 4.98 Å². The number of rotatable bonds is 2. The van der Waals surface area contributed by atoms with E-state index in [2.05, 4.69) is 29.2 Å². The molecule has 0 radical (unpaired) electrons. The third-order valence-corrected chi connectivity index (χ3v) is 4.46. The molecule has 3 heteroatoms. The van der Waals surface area contributed by atoms with Crippen molar-refractivity contribution in [3.63, 3.8) is 0 Å². The number of aromatic amines is 1. The minimum absolute atomic E-state index is 0.919. The van der Waals surface area contributed by atoms with Gasteiger partial charge in [0, 0.05) is 28.2 Å². The second kappa shape index (κ2) is 5.56. The van der Waals surface area contributed by atoms with Gasteiger partial charge in [0.2, 0.25) is 0 Å². The largest absolute Gasteiger partial charge is 0.360 e. The van der Waals surface area contributed by atoms with Crippen LogP contribution in [0.1, 0.15) is 11.1 Å². The highest BCUT2D eigenvalue weighted by Gasteiger charge is 2.25. The number of para-hydroxylation sites is 3. The molecule has 118 valence electrons. The molecule has 3 nitrogen and oxygen atoms in total. The van der Waals surface area contributed by atoms with E-state index in [0.717, 1.165) is 44.8 Å². The van der Waals surface area contributed by atoms with Crippen LogP contribution in [0.25, 0.3) is 10.9 Å². The predicted octanol–water partition coefficient (Wildman–Crippen LogP) is 5.42. The van der Waals surface area contributed by atoms with Crippen LogP contribution in [0.5, 0.6) is 0 Å². The Labute approximate surface area is 145 Å². The number of benzene rings is 3. The molecule has 0 amide bonds. The molecule has 0 unspecified atom stereocenters. The highest BCUT2D eigenvalue weighted by atomic mass is 14.9. The summed E-state index contributed by atoms with van der Waals surface area (Å²) < 4.78 is 0. The Kier molecular flexibility index (Phi) is 3.10. The van der Waals surface area contributed by atoms with E-state index in [1.165, 1.54) is 0 Å². The van der Waals surface area contributed by atoms with E-state index in [-0.39, 0.29) is 0 Å². The van der Waals surface area contributed by atoms with Gasteiger partial charge in [-0.3, -0.25) is 0 Å². The first-order chi connectivity index (χ1) is 12.4. The Morgan fingerprint density at radius 3 is 2.40 bits per heavy atom. The SMILES string of the molecule is c1ccc(N=C2C(c3c[nH]c4ccccc34)=Nc3ccccc32)cc1. The van der Waals surface area contributed by atoms with Crippen molar-refractivity contribution in [1.82, 2.24) is 4.98 Å². The number of aromatic nitrogens is 1. The van der Waals surface area contributed by atoms with Gasteiger partial charge in [-0.1, -0.05) is 54.6 Å². The smallest absolute Gasteiger partial charge is 0.0994 e. The van der Waals surface area contributed by atoms with E-state index < -0.39 is 0 Å². The summed E-state index contributed by atoms with van der Waals surface area (Å²) >= 11 is 0. The summed E-state index contributed by atoms with van der Waals surface area (Å²) in [6.45, 7) is 0. The molecule has 1 aliphatic rings. The molecule has 3 aromatic carbocycles. The maximum Gasteiger partial charge on any atom is 0.0994 e. The minimum Gasteiger partial charge on any atom is -0.360 e. The number of fused-ring (bicyclic) bond motifs is 2. The zero-order chi connectivity index (χ0) is 16.6. The fraction of sp³-hybridized carbons (Fsp3) is 0. The second-order valence-electron chi connectivity index (χ2n) is 6.02. The molecular weight excluding hydrogens is 306 g/mol. The number of aliphatic imine (C=N–C) groups is 2. The minimum atomic E-state index is 0.919. The Morgan fingerprint density at radius 1 is 0.720 bits per heavy atom. The van der Waals surface area contributed by atoms with Crippen molar-refractivity contribution in [1.29, 1.82) is 0 Å². The Hall–Kier alpha value is -3.46. The molecule has 1 aliphatic heterocycles. The van der Waals surface area contributed by atoms with Crippen LogP contribution in [-0.4, -0.2) is 16.4 Å². The fourth-order valence-electron chi connectivity index (χ4n) is 3.27. The summed E-state index contributed by atoms with van der Waals surface area (Å²) in [4.78, 5) is 13.1. The van der Waals surface area contributed by atoms with Crippen LogP contribution in [0, 0.1) is 0 Å². The molecule has 2 heterocycles. The van der Waals surface area contributed by atoms with Crippen LogP contribution >= 0.6 is 0 Å². The predicted molar refractivity (Wildman–Crippen MR) is 104 cm³/mol. The van der Waals surface area contributed by atoms with E-state index in [4.69, 9.17) is 9.98 Å². The normalized spacial score (nSPS) is 14.7. The average Bonchev–Trinajstić information content (AvgIpc) is 3.24. The van der Waals surface area contributed by atoms with Crippen molar-refractivity contribution in [2.24, 2.45) is 9.98 Å². The lowest BCUT2D eigenvalue weighted by molar-refractivity contribution is 1.47. The monoisotopic (exact) mass is 321 g/mol. The van der Waals surface area contributed by atoms with Gasteiger partial charge in [0.25, 0.3) is 0 Å². The fourth-order valence-corrected chi connectivity index (χ4v) is 3.27. The first kappa shape index (κ1) is 13.9. The Morgan fingerprint density at radius 2 is 1.48 bits per heavy atom. The van der Waals surface area contributed by atoms with Crippen LogP contribution < -0.4 is 0 Å². The Balaban J connectivity index is 1.74. The molecule has 1 aromatic heterocycles. The van der Waals surface area contributed by atoms with E-state index >= 15 is 0 Å². The highest BCUT2D eigenvalue weighted by Crippen LogP contribution is 2.32. The van der Waals surface area contributed by atoms with Crippen LogP contribution in [0.3, 0.4) is 0 Å². The molecule has 0 fully saturated rings. The zero-order valence-electron chi connectivity index (χ0n) is 13.5. The molecule has 0 spiro atoms. The van der Waals surface area contributed by atoms with Crippen molar-refractivity contribution in [2.75, 3.05) is 0 Å². The Bertz CT molecular complexity index is 1130. The zero-order valence-corrected chi connectivity index (χ0v) is 13.5. The summed E-state index contributed by atoms with van der Waals surface area (Å²) in [7, 11) is 0. The summed E-state index contributed by atoms with van der Waals surface area (Å²) in [5.41, 5.74) is 7.01. The third-order valence-electron chi connectivity index (χ3n) is 4.46. The van der Waals surface area contributed by atoms with Crippen LogP contribution in [-0.2, 0) is 0 Å². The summed E-state index contributed by atoms with van der Waals surface area (Å²) in [6.07, 6.45) is 2.02. The van der Waals surface area contributed by atoms with Crippen LogP contribution in [0.2, 0.25) is 0 Å². The van der Waals surface area contributed by atoms with Gasteiger partial charge in [-0.25, -0.2) is 9.98 Å². The average molecular weight is 321 g/mol. The summed E-state index contributed by atoms with van der Waals surface area (Å²) in [5.74, 6) is 0. The molecule has 1 N–H and O–H groups in total. The lowest BCUT2D eigenvalue weighted by Crippen LogP contribution is -2.12. The number of H-pyrrole nitrogens is 1. The standard InChI is InChI=1S/C22H15N3/c1-2-8-15(9-3-1)24-21-17-11-5-7-13-20(17)25-22(21)18-14-23-19-12-6-4-10-16(18)19/h1-14,23H. The highest BCUT2D eigenvalue weighted by molar-refractivity contribution is 6.58. The van der Waals surface area contributed by atoms with Crippen molar-refractivity contribution >= 4 is 33.7 Å². The third kappa shape index (κ3) is 2.29. The van der Waals surface area contributed by atoms with E-state index in [1.54, 1.807) is 0 Å². The number of nitrogens with zero attached hydrogens (tertiary/aromatic N) is 2. The van der Waals surface area contributed by atoms with Crippen molar-refractivity contribution in [2.45, 2.75) is 0 Å². The first-order valence-electron chi connectivity index (χ1n) is 8.29. The summed E-state index contributed by atoms with van der Waals surface area (Å²) in [6, 6.07) is 26.5. The van der Waals surface area contributed by atoms with Crippen LogP contribution in [0.15, 0.2) is 95.0 Å². The molecule has 0 aliphatic carbocycles.